The van der Waals surface area contributed by atoms with E-state index in [1.54, 1.807) is 35.5 Å². The highest BCUT2D eigenvalue weighted by atomic mass is 35.5. The third-order valence-electron chi connectivity index (χ3n) is 7.70. The minimum absolute atomic E-state index is 0.129. The number of carbonyl (C=O) groups excluding carboxylic acids is 1. The van der Waals surface area contributed by atoms with Gasteiger partial charge < -0.3 is 19.7 Å². The van der Waals surface area contributed by atoms with Crippen molar-refractivity contribution in [3.05, 3.63) is 112 Å². The smallest absolute Gasteiger partial charge is 0.254 e. The molecule has 1 aliphatic heterocycles. The largest absolute Gasteiger partial charge is 0.364 e. The molecule has 1 aliphatic rings. The highest BCUT2D eigenvalue weighted by molar-refractivity contribution is 6.31. The van der Waals surface area contributed by atoms with E-state index in [0.29, 0.717) is 59.7 Å². The van der Waals surface area contributed by atoms with Crippen molar-refractivity contribution in [1.29, 1.82) is 0 Å². The Labute approximate surface area is 253 Å². The number of hydrogen-bond acceptors (Lipinski definition) is 6. The number of halogens is 3. The first-order valence-corrected chi connectivity index (χ1v) is 14.4. The van der Waals surface area contributed by atoms with Crippen molar-refractivity contribution in [3.8, 4) is 0 Å². The maximum Gasteiger partial charge on any atom is 0.254 e. The Balaban J connectivity index is 1.33. The standard InChI is InChI=1S/C32H30ClF2N7O/c1-20-17-42(21(2)16-41(20)31(43)23-7-5-8-26(35)14-23)32-38-29(36-15-22-10-12-25(34)13-11-22)28-30(39-32)40(19-37-28)18-24-6-3-4-9-27(24)33/h3-14,19-21H,15-18H2,1-2H3,(H,36,38,39). The number of anilines is 2. The maximum absolute atomic E-state index is 13.8. The third kappa shape index (κ3) is 6.01. The highest BCUT2D eigenvalue weighted by Crippen LogP contribution is 2.28. The third-order valence-corrected chi connectivity index (χ3v) is 8.07. The molecule has 8 nitrogen and oxygen atoms in total. The number of nitrogens with zero attached hydrogens (tertiary/aromatic N) is 6. The van der Waals surface area contributed by atoms with Crippen molar-refractivity contribution in [2.24, 2.45) is 0 Å². The van der Waals surface area contributed by atoms with Crippen LogP contribution in [-0.2, 0) is 13.1 Å². The van der Waals surface area contributed by atoms with E-state index in [1.165, 1.54) is 24.3 Å². The second kappa shape index (κ2) is 12.0. The lowest BCUT2D eigenvalue weighted by Crippen LogP contribution is -2.58. The van der Waals surface area contributed by atoms with Crippen molar-refractivity contribution < 1.29 is 13.6 Å². The molecule has 1 amide bonds. The molecule has 0 saturated carbocycles. The van der Waals surface area contributed by atoms with Crippen molar-refractivity contribution in [2.45, 2.75) is 39.0 Å². The lowest BCUT2D eigenvalue weighted by molar-refractivity contribution is 0.0643. The van der Waals surface area contributed by atoms with E-state index in [0.717, 1.165) is 11.1 Å². The Hall–Kier alpha value is -4.57. The molecule has 3 heterocycles. The summed E-state index contributed by atoms with van der Waals surface area (Å²) in [5.41, 5.74) is 3.36. The van der Waals surface area contributed by atoms with E-state index in [1.807, 2.05) is 42.7 Å². The molecule has 43 heavy (non-hydrogen) atoms. The summed E-state index contributed by atoms with van der Waals surface area (Å²) < 4.78 is 29.2. The second-order valence-electron chi connectivity index (χ2n) is 10.8. The molecule has 0 aliphatic carbocycles. The Kier molecular flexibility index (Phi) is 7.94. The van der Waals surface area contributed by atoms with E-state index in [4.69, 9.17) is 21.6 Å². The summed E-state index contributed by atoms with van der Waals surface area (Å²) in [6, 6.07) is 19.4. The Bertz CT molecular complexity index is 1780. The van der Waals surface area contributed by atoms with Crippen molar-refractivity contribution in [3.63, 3.8) is 0 Å². The predicted molar refractivity (Wildman–Crippen MR) is 163 cm³/mol. The molecular formula is C32H30ClF2N7O. The molecule has 220 valence electrons. The molecule has 1 fully saturated rings. The van der Waals surface area contributed by atoms with Crippen LogP contribution >= 0.6 is 11.6 Å². The molecule has 2 atom stereocenters. The van der Waals surface area contributed by atoms with Gasteiger partial charge in [-0.15, -0.1) is 0 Å². The van der Waals surface area contributed by atoms with Crippen LogP contribution in [-0.4, -0.2) is 55.5 Å². The van der Waals surface area contributed by atoms with Gasteiger partial charge in [-0.25, -0.2) is 13.8 Å². The summed E-state index contributed by atoms with van der Waals surface area (Å²) in [5, 5.41) is 4.02. The number of imidazole rings is 1. The zero-order chi connectivity index (χ0) is 30.1. The fraction of sp³-hybridized carbons (Fsp3) is 0.250. The summed E-state index contributed by atoms with van der Waals surface area (Å²) in [4.78, 5) is 31.6. The number of carbonyl (C=O) groups is 1. The van der Waals surface area contributed by atoms with Gasteiger partial charge in [-0.05, 0) is 61.4 Å². The van der Waals surface area contributed by atoms with Crippen LogP contribution in [0.1, 0.15) is 35.3 Å². The second-order valence-corrected chi connectivity index (χ2v) is 11.2. The van der Waals surface area contributed by atoms with Gasteiger partial charge in [-0.3, -0.25) is 4.79 Å². The molecule has 5 aromatic rings. The molecule has 3 aromatic carbocycles. The first-order valence-electron chi connectivity index (χ1n) is 14.0. The average molecular weight is 602 g/mol. The van der Waals surface area contributed by atoms with E-state index in [-0.39, 0.29) is 23.8 Å². The Morgan fingerprint density at radius 2 is 1.74 bits per heavy atom. The summed E-state index contributed by atoms with van der Waals surface area (Å²) in [5.74, 6) is 0.0785. The minimum Gasteiger partial charge on any atom is -0.364 e. The summed E-state index contributed by atoms with van der Waals surface area (Å²) in [6.07, 6.45) is 1.72. The van der Waals surface area contributed by atoms with Gasteiger partial charge in [0.15, 0.2) is 17.0 Å². The van der Waals surface area contributed by atoms with Gasteiger partial charge in [0.1, 0.15) is 11.6 Å². The van der Waals surface area contributed by atoms with Crippen molar-refractivity contribution in [1.82, 2.24) is 24.4 Å². The molecule has 6 rings (SSSR count). The maximum atomic E-state index is 13.8. The van der Waals surface area contributed by atoms with Gasteiger partial charge in [-0.2, -0.15) is 9.97 Å². The fourth-order valence-corrected chi connectivity index (χ4v) is 5.57. The van der Waals surface area contributed by atoms with E-state index in [2.05, 4.69) is 15.2 Å². The number of nitrogens with one attached hydrogen (secondary N) is 1. The monoisotopic (exact) mass is 601 g/mol. The van der Waals surface area contributed by atoms with Gasteiger partial charge in [-0.1, -0.05) is 48.0 Å². The van der Waals surface area contributed by atoms with Gasteiger partial charge in [0.2, 0.25) is 5.95 Å². The molecule has 2 aromatic heterocycles. The predicted octanol–water partition coefficient (Wildman–Crippen LogP) is 6.16. The van der Waals surface area contributed by atoms with Crippen LogP contribution in [0.3, 0.4) is 0 Å². The molecular weight excluding hydrogens is 572 g/mol. The van der Waals surface area contributed by atoms with Crippen LogP contribution in [0.2, 0.25) is 5.02 Å². The Morgan fingerprint density at radius 1 is 0.953 bits per heavy atom. The lowest BCUT2D eigenvalue weighted by atomic mass is 10.1. The summed E-state index contributed by atoms with van der Waals surface area (Å²) in [6.45, 7) is 5.73. The van der Waals surface area contributed by atoms with Crippen molar-refractivity contribution in [2.75, 3.05) is 23.3 Å². The molecule has 0 bridgehead atoms. The SMILES string of the molecule is CC1CN(c2nc(NCc3ccc(F)cc3)c3ncn(Cc4ccccc4Cl)c3n2)C(C)CN1C(=O)c1cccc(F)c1. The van der Waals surface area contributed by atoms with Crippen LogP contribution in [0.4, 0.5) is 20.5 Å². The molecule has 1 N–H and O–H groups in total. The molecule has 0 radical (unpaired) electrons. The topological polar surface area (TPSA) is 79.2 Å². The quantitative estimate of drug-likeness (QED) is 0.241. The number of rotatable bonds is 7. The number of aromatic nitrogens is 4. The zero-order valence-corrected chi connectivity index (χ0v) is 24.5. The van der Waals surface area contributed by atoms with E-state index < -0.39 is 5.82 Å². The first-order chi connectivity index (χ1) is 20.8. The van der Waals surface area contributed by atoms with Gasteiger partial charge >= 0.3 is 0 Å². The first kappa shape index (κ1) is 28.5. The number of amides is 1. The van der Waals surface area contributed by atoms with Crippen LogP contribution in [0.15, 0.2) is 79.1 Å². The van der Waals surface area contributed by atoms with Crippen LogP contribution in [0.5, 0.6) is 0 Å². The van der Waals surface area contributed by atoms with Crippen LogP contribution < -0.4 is 10.2 Å². The zero-order valence-electron chi connectivity index (χ0n) is 23.7. The number of benzene rings is 3. The van der Waals surface area contributed by atoms with Gasteiger partial charge in [0, 0.05) is 42.3 Å². The number of fused-ring (bicyclic) bond motifs is 1. The normalized spacial score (nSPS) is 17.0. The highest BCUT2D eigenvalue weighted by Gasteiger charge is 2.34. The minimum atomic E-state index is -0.444. The Morgan fingerprint density at radius 3 is 2.51 bits per heavy atom. The fourth-order valence-electron chi connectivity index (χ4n) is 5.37. The van der Waals surface area contributed by atoms with Gasteiger partial charge in [0.05, 0.1) is 12.9 Å². The molecule has 1 saturated heterocycles. The lowest BCUT2D eigenvalue weighted by Gasteiger charge is -2.44. The molecule has 0 spiro atoms. The summed E-state index contributed by atoms with van der Waals surface area (Å²) >= 11 is 6.47. The van der Waals surface area contributed by atoms with Crippen LogP contribution in [0, 0.1) is 11.6 Å². The number of hydrogen-bond donors (Lipinski definition) is 1. The van der Waals surface area contributed by atoms with Crippen molar-refractivity contribution >= 4 is 40.4 Å². The molecule has 11 heteroatoms. The molecule has 2 unspecified atom stereocenters. The summed E-state index contributed by atoms with van der Waals surface area (Å²) in [7, 11) is 0. The van der Waals surface area contributed by atoms with E-state index in [9.17, 15) is 13.6 Å². The van der Waals surface area contributed by atoms with E-state index >= 15 is 0 Å². The number of piperazine rings is 1. The van der Waals surface area contributed by atoms with Crippen LogP contribution in [0.25, 0.3) is 11.2 Å². The average Bonchev–Trinajstić information content (AvgIpc) is 3.41. The van der Waals surface area contributed by atoms with Gasteiger partial charge in [0.25, 0.3) is 5.91 Å².